The Bertz CT molecular complexity index is 54.2. The van der Waals surface area contributed by atoms with Crippen LogP contribution in [0.5, 0.6) is 0 Å². The monoisotopic (exact) mass is 296 g/mol. The molecule has 0 aliphatic rings. The first-order chi connectivity index (χ1) is 9.47. The van der Waals surface area contributed by atoms with Gasteiger partial charge in [-0.25, -0.2) is 0 Å². The van der Waals surface area contributed by atoms with Gasteiger partial charge >= 0.3 is 0 Å². The smallest absolute Gasteiger partial charge is 0.106 e. The van der Waals surface area contributed by atoms with Crippen molar-refractivity contribution in [1.29, 1.82) is 0 Å². The molecule has 0 heterocycles. The standard InChI is InChI=1S/2C4H10.C3H8.2C2H6.CH6N2.CH2O/c1-4(2)3;1-3-4-2;1-3-2;2*1-2;1-3-2;1-2/h4H,1-3H3;3-4H2,1-2H3;3H2,1-2H3;2*1-2H3;3H,2H2,1H3;1H2. The van der Waals surface area contributed by atoms with Gasteiger partial charge in [-0.05, 0) is 13.0 Å². The van der Waals surface area contributed by atoms with Crippen molar-refractivity contribution in [2.24, 2.45) is 11.8 Å². The number of nitrogens with one attached hydrogen (secondary N) is 1. The van der Waals surface area contributed by atoms with Crippen LogP contribution in [0, 0.1) is 5.92 Å². The number of hydrogen-bond donors (Lipinski definition) is 2. The van der Waals surface area contributed by atoms with Crippen molar-refractivity contribution in [3.63, 3.8) is 0 Å². The first-order valence-corrected chi connectivity index (χ1v) is 8.14. The van der Waals surface area contributed by atoms with Gasteiger partial charge in [0.1, 0.15) is 6.79 Å². The number of hydrogen-bond acceptors (Lipinski definition) is 3. The van der Waals surface area contributed by atoms with E-state index in [1.54, 1.807) is 7.05 Å². The fraction of sp³-hybridized carbons (Fsp3) is 0.941. The quantitative estimate of drug-likeness (QED) is 0.472. The van der Waals surface area contributed by atoms with Crippen LogP contribution in [0.1, 0.15) is 95.4 Å². The molecule has 0 saturated heterocycles. The molecule has 0 aliphatic carbocycles. The van der Waals surface area contributed by atoms with E-state index in [4.69, 9.17) is 4.79 Å². The third kappa shape index (κ3) is 13900. The maximum absolute atomic E-state index is 8.00. The Morgan fingerprint density at radius 1 is 0.850 bits per heavy atom. The van der Waals surface area contributed by atoms with Crippen molar-refractivity contribution in [2.45, 2.75) is 95.4 Å². The number of unbranched alkanes of at least 4 members (excludes halogenated alkanes) is 1. The molecule has 0 amide bonds. The molecule has 0 atom stereocenters. The van der Waals surface area contributed by atoms with Crippen LogP contribution in [0.15, 0.2) is 0 Å². The lowest BCUT2D eigenvalue weighted by Crippen LogP contribution is -2.13. The molecule has 0 aromatic carbocycles. The molecular weight excluding hydrogens is 248 g/mol. The highest BCUT2D eigenvalue weighted by molar-refractivity contribution is 5.10. The molecule has 3 N–H and O–H groups in total. The van der Waals surface area contributed by atoms with Crippen molar-refractivity contribution in [3.05, 3.63) is 0 Å². The lowest BCUT2D eigenvalue weighted by Gasteiger charge is -1.79. The zero-order valence-corrected chi connectivity index (χ0v) is 16.9. The van der Waals surface area contributed by atoms with E-state index < -0.39 is 0 Å². The molecular formula is C17H48N2O. The lowest BCUT2D eigenvalue weighted by molar-refractivity contribution is -0.0979. The molecule has 3 nitrogen and oxygen atoms in total. The second-order valence-electron chi connectivity index (χ2n) is 3.73. The van der Waals surface area contributed by atoms with Crippen molar-refractivity contribution >= 4 is 6.79 Å². The number of rotatable bonds is 1. The molecule has 0 rings (SSSR count). The zero-order valence-electron chi connectivity index (χ0n) is 16.9. The van der Waals surface area contributed by atoms with Crippen LogP contribution < -0.4 is 11.3 Å². The van der Waals surface area contributed by atoms with Gasteiger partial charge in [-0.3, -0.25) is 11.3 Å². The Balaban J connectivity index is -0.0000000202. The average molecular weight is 297 g/mol. The Kier molecular flexibility index (Phi) is 283. The summed E-state index contributed by atoms with van der Waals surface area (Å²) in [6.45, 7) is 25.1. The van der Waals surface area contributed by atoms with E-state index in [-0.39, 0.29) is 0 Å². The number of nitrogens with two attached hydrogens (primary N) is 1. The van der Waals surface area contributed by atoms with Gasteiger partial charge < -0.3 is 4.79 Å². The third-order valence-corrected chi connectivity index (χ3v) is 0.500. The molecule has 0 unspecified atom stereocenters. The van der Waals surface area contributed by atoms with Gasteiger partial charge in [0.2, 0.25) is 0 Å². The summed E-state index contributed by atoms with van der Waals surface area (Å²) in [5.41, 5.74) is 2.25. The first kappa shape index (κ1) is 42.7. The van der Waals surface area contributed by atoms with Crippen LogP contribution in [0.4, 0.5) is 0 Å². The molecule has 0 aromatic rings. The summed E-state index contributed by atoms with van der Waals surface area (Å²) in [4.78, 5) is 8.00. The van der Waals surface area contributed by atoms with Crippen molar-refractivity contribution in [2.75, 3.05) is 7.05 Å². The summed E-state index contributed by atoms with van der Waals surface area (Å²) in [6.07, 6.45) is 3.89. The minimum absolute atomic E-state index is 0.833. The van der Waals surface area contributed by atoms with Gasteiger partial charge in [0.05, 0.1) is 0 Å². The van der Waals surface area contributed by atoms with Crippen molar-refractivity contribution in [1.82, 2.24) is 5.43 Å². The van der Waals surface area contributed by atoms with Crippen LogP contribution in [0.2, 0.25) is 0 Å². The van der Waals surface area contributed by atoms with Gasteiger partial charge in [0, 0.05) is 0 Å². The predicted molar refractivity (Wildman–Crippen MR) is 100 cm³/mol. The molecule has 3 heteroatoms. The van der Waals surface area contributed by atoms with Crippen LogP contribution in [-0.2, 0) is 4.79 Å². The molecule has 0 fully saturated rings. The molecule has 0 aromatic heterocycles. The van der Waals surface area contributed by atoms with Gasteiger partial charge in [-0.1, -0.05) is 95.4 Å². The van der Waals surface area contributed by atoms with Crippen LogP contribution in [0.25, 0.3) is 0 Å². The predicted octanol–water partition coefficient (Wildman–Crippen LogP) is 5.83. The maximum Gasteiger partial charge on any atom is 0.106 e. The van der Waals surface area contributed by atoms with E-state index in [2.05, 4.69) is 59.7 Å². The summed E-state index contributed by atoms with van der Waals surface area (Å²) >= 11 is 0. The second kappa shape index (κ2) is 132. The summed E-state index contributed by atoms with van der Waals surface area (Å²) in [5, 5.41) is 0. The molecule has 0 spiro atoms. The molecule has 0 bridgehead atoms. The van der Waals surface area contributed by atoms with Gasteiger partial charge in [0.15, 0.2) is 0 Å². The highest BCUT2D eigenvalue weighted by atomic mass is 16.1. The number of carbonyl (C=O) groups is 1. The second-order valence-corrected chi connectivity index (χ2v) is 3.73. The molecule has 132 valence electrons. The topological polar surface area (TPSA) is 55.1 Å². The maximum atomic E-state index is 8.00. The first-order valence-electron chi connectivity index (χ1n) is 8.14. The highest BCUT2D eigenvalue weighted by Crippen LogP contribution is 1.81. The van der Waals surface area contributed by atoms with Crippen LogP contribution in [0.3, 0.4) is 0 Å². The van der Waals surface area contributed by atoms with E-state index in [1.165, 1.54) is 19.3 Å². The Morgan fingerprint density at radius 3 is 0.900 bits per heavy atom. The Morgan fingerprint density at radius 2 is 0.900 bits per heavy atom. The van der Waals surface area contributed by atoms with E-state index >= 15 is 0 Å². The average Bonchev–Trinajstić information content (AvgIpc) is 2.46. The van der Waals surface area contributed by atoms with Crippen molar-refractivity contribution in [3.8, 4) is 0 Å². The van der Waals surface area contributed by atoms with E-state index in [1.807, 2.05) is 34.5 Å². The summed E-state index contributed by atoms with van der Waals surface area (Å²) < 4.78 is 0. The molecule has 0 aliphatic heterocycles. The van der Waals surface area contributed by atoms with E-state index in [9.17, 15) is 0 Å². The summed E-state index contributed by atoms with van der Waals surface area (Å²) in [6, 6.07) is 0. The summed E-state index contributed by atoms with van der Waals surface area (Å²) in [7, 11) is 1.65. The highest BCUT2D eigenvalue weighted by Gasteiger charge is 1.68. The molecule has 0 saturated carbocycles. The van der Waals surface area contributed by atoms with Gasteiger partial charge in [0.25, 0.3) is 0 Å². The minimum atomic E-state index is 0.833. The van der Waals surface area contributed by atoms with E-state index in [0.29, 0.717) is 0 Å². The molecule has 20 heavy (non-hydrogen) atoms. The number of hydrazine groups is 1. The van der Waals surface area contributed by atoms with E-state index in [0.717, 1.165) is 5.92 Å². The minimum Gasteiger partial charge on any atom is -0.307 e. The van der Waals surface area contributed by atoms with Gasteiger partial charge in [-0.2, -0.15) is 0 Å². The van der Waals surface area contributed by atoms with Crippen LogP contribution >= 0.6 is 0 Å². The zero-order chi connectivity index (χ0) is 18.4. The Hall–Kier alpha value is -0.410. The SMILES string of the molecule is C=O.CC.CC.CC(C)C.CCC.CCCC.CNN. The fourth-order valence-corrected chi connectivity index (χ4v) is 0. The fourth-order valence-electron chi connectivity index (χ4n) is 0. The van der Waals surface area contributed by atoms with Crippen LogP contribution in [-0.4, -0.2) is 13.8 Å². The van der Waals surface area contributed by atoms with Crippen molar-refractivity contribution < 1.29 is 4.79 Å². The Labute approximate surface area is 132 Å². The lowest BCUT2D eigenvalue weighted by atomic mass is 10.3. The summed E-state index contributed by atoms with van der Waals surface area (Å²) in [5.74, 6) is 5.43. The number of carbonyl (C=O) groups excluding carboxylic acids is 1. The normalized spacial score (nSPS) is 5.90. The third-order valence-electron chi connectivity index (χ3n) is 0.500. The molecule has 0 radical (unpaired) electrons. The van der Waals surface area contributed by atoms with Gasteiger partial charge in [-0.15, -0.1) is 0 Å². The largest absolute Gasteiger partial charge is 0.307 e.